The standard InChI is InChI=1S/C22H27N3O3/c1-16-4-3-5-19(17(16)2)23-22(26)14-25-10-8-24(9-11-25)13-18-6-7-20-21(12-18)28-15-27-20/h3-7,12H,8-11,13-15H2,1-2H3,(H,23,26). The molecule has 1 N–H and O–H groups in total. The van der Waals surface area contributed by atoms with E-state index >= 15 is 0 Å². The summed E-state index contributed by atoms with van der Waals surface area (Å²) in [7, 11) is 0. The highest BCUT2D eigenvalue weighted by Gasteiger charge is 2.20. The molecule has 1 saturated heterocycles. The molecule has 6 heteroatoms. The molecule has 2 aromatic rings. The predicted octanol–water partition coefficient (Wildman–Crippen LogP) is 2.79. The molecule has 6 nitrogen and oxygen atoms in total. The number of aryl methyl sites for hydroxylation is 1. The third kappa shape index (κ3) is 4.29. The van der Waals surface area contributed by atoms with Crippen LogP contribution < -0.4 is 14.8 Å². The smallest absolute Gasteiger partial charge is 0.238 e. The number of ether oxygens (including phenoxy) is 2. The van der Waals surface area contributed by atoms with Crippen LogP contribution in [0.3, 0.4) is 0 Å². The van der Waals surface area contributed by atoms with Crippen molar-refractivity contribution in [2.45, 2.75) is 20.4 Å². The molecular weight excluding hydrogens is 354 g/mol. The lowest BCUT2D eigenvalue weighted by Gasteiger charge is -2.34. The maximum absolute atomic E-state index is 12.4. The number of fused-ring (bicyclic) bond motifs is 1. The second-order valence-electron chi connectivity index (χ2n) is 7.54. The van der Waals surface area contributed by atoms with Gasteiger partial charge in [-0.25, -0.2) is 0 Å². The van der Waals surface area contributed by atoms with Gasteiger partial charge in [0.25, 0.3) is 0 Å². The largest absolute Gasteiger partial charge is 0.454 e. The number of rotatable bonds is 5. The predicted molar refractivity (Wildman–Crippen MR) is 109 cm³/mol. The molecule has 0 spiro atoms. The summed E-state index contributed by atoms with van der Waals surface area (Å²) in [5.41, 5.74) is 4.45. The first kappa shape index (κ1) is 18.8. The maximum atomic E-state index is 12.4. The minimum Gasteiger partial charge on any atom is -0.454 e. The van der Waals surface area contributed by atoms with Crippen molar-refractivity contribution in [2.24, 2.45) is 0 Å². The fourth-order valence-corrected chi connectivity index (χ4v) is 3.68. The van der Waals surface area contributed by atoms with Crippen LogP contribution in [0.1, 0.15) is 16.7 Å². The quantitative estimate of drug-likeness (QED) is 0.863. The van der Waals surface area contributed by atoms with Crippen LogP contribution in [0.25, 0.3) is 0 Å². The van der Waals surface area contributed by atoms with E-state index in [-0.39, 0.29) is 5.91 Å². The van der Waals surface area contributed by atoms with E-state index in [2.05, 4.69) is 40.2 Å². The Hall–Kier alpha value is -2.57. The highest BCUT2D eigenvalue weighted by atomic mass is 16.7. The van der Waals surface area contributed by atoms with E-state index < -0.39 is 0 Å². The first-order chi connectivity index (χ1) is 13.6. The van der Waals surface area contributed by atoms with Gasteiger partial charge in [-0.15, -0.1) is 0 Å². The van der Waals surface area contributed by atoms with Gasteiger partial charge in [-0.2, -0.15) is 0 Å². The van der Waals surface area contributed by atoms with Gasteiger partial charge in [-0.1, -0.05) is 18.2 Å². The van der Waals surface area contributed by atoms with Gasteiger partial charge in [0.15, 0.2) is 11.5 Å². The zero-order valence-corrected chi connectivity index (χ0v) is 16.5. The maximum Gasteiger partial charge on any atom is 0.238 e. The lowest BCUT2D eigenvalue weighted by molar-refractivity contribution is -0.117. The Morgan fingerprint density at radius 1 is 1.00 bits per heavy atom. The number of nitrogens with one attached hydrogen (secondary N) is 1. The number of benzene rings is 2. The van der Waals surface area contributed by atoms with Gasteiger partial charge >= 0.3 is 0 Å². The first-order valence-corrected chi connectivity index (χ1v) is 9.78. The Morgan fingerprint density at radius 3 is 2.57 bits per heavy atom. The van der Waals surface area contributed by atoms with Crippen LogP contribution in [0.15, 0.2) is 36.4 Å². The molecule has 2 aromatic carbocycles. The van der Waals surface area contributed by atoms with E-state index in [0.29, 0.717) is 13.3 Å². The molecule has 0 atom stereocenters. The van der Waals surface area contributed by atoms with E-state index in [0.717, 1.165) is 55.5 Å². The van der Waals surface area contributed by atoms with Crippen LogP contribution >= 0.6 is 0 Å². The Labute approximate surface area is 166 Å². The van der Waals surface area contributed by atoms with Crippen molar-refractivity contribution >= 4 is 11.6 Å². The number of carbonyl (C=O) groups excluding carboxylic acids is 1. The number of hydrogen-bond donors (Lipinski definition) is 1. The molecule has 0 aliphatic carbocycles. The average molecular weight is 381 g/mol. The minimum atomic E-state index is 0.0536. The highest BCUT2D eigenvalue weighted by molar-refractivity contribution is 5.93. The van der Waals surface area contributed by atoms with Gasteiger partial charge in [0.05, 0.1) is 6.54 Å². The zero-order valence-electron chi connectivity index (χ0n) is 16.5. The molecular formula is C22H27N3O3. The van der Waals surface area contributed by atoms with Gasteiger partial charge in [0.1, 0.15) is 0 Å². The monoisotopic (exact) mass is 381 g/mol. The number of amides is 1. The average Bonchev–Trinajstić information content (AvgIpc) is 3.15. The summed E-state index contributed by atoms with van der Waals surface area (Å²) in [5, 5.41) is 3.05. The van der Waals surface area contributed by atoms with E-state index in [9.17, 15) is 4.79 Å². The molecule has 28 heavy (non-hydrogen) atoms. The summed E-state index contributed by atoms with van der Waals surface area (Å²) >= 11 is 0. The summed E-state index contributed by atoms with van der Waals surface area (Å²) in [4.78, 5) is 17.1. The lowest BCUT2D eigenvalue weighted by atomic mass is 10.1. The number of anilines is 1. The molecule has 0 bridgehead atoms. The van der Waals surface area contributed by atoms with Crippen LogP contribution in [0.2, 0.25) is 0 Å². The van der Waals surface area contributed by atoms with Crippen molar-refractivity contribution in [3.8, 4) is 11.5 Å². The summed E-state index contributed by atoms with van der Waals surface area (Å²) in [6, 6.07) is 12.1. The van der Waals surface area contributed by atoms with Crippen molar-refractivity contribution < 1.29 is 14.3 Å². The van der Waals surface area contributed by atoms with E-state index in [4.69, 9.17) is 9.47 Å². The zero-order chi connectivity index (χ0) is 19.5. The Bertz CT molecular complexity index is 860. The Morgan fingerprint density at radius 2 is 1.75 bits per heavy atom. The molecule has 1 fully saturated rings. The fraction of sp³-hybridized carbons (Fsp3) is 0.409. The molecule has 0 unspecified atom stereocenters. The molecule has 4 rings (SSSR count). The lowest BCUT2D eigenvalue weighted by Crippen LogP contribution is -2.48. The summed E-state index contributed by atoms with van der Waals surface area (Å²) in [6.45, 7) is 9.42. The Kier molecular flexibility index (Phi) is 5.50. The van der Waals surface area contributed by atoms with Gasteiger partial charge in [0, 0.05) is 38.4 Å². The van der Waals surface area contributed by atoms with Crippen molar-refractivity contribution in [2.75, 3.05) is 44.8 Å². The van der Waals surface area contributed by atoms with Gasteiger partial charge < -0.3 is 14.8 Å². The van der Waals surface area contributed by atoms with Crippen molar-refractivity contribution in [1.82, 2.24) is 9.80 Å². The summed E-state index contributed by atoms with van der Waals surface area (Å²) < 4.78 is 10.8. The molecule has 0 aromatic heterocycles. The number of nitrogens with zero attached hydrogens (tertiary/aromatic N) is 2. The number of hydrogen-bond acceptors (Lipinski definition) is 5. The molecule has 0 saturated carbocycles. The van der Waals surface area contributed by atoms with Crippen LogP contribution in [-0.4, -0.2) is 55.2 Å². The van der Waals surface area contributed by atoms with Gasteiger partial charge in [-0.05, 0) is 48.7 Å². The Balaban J connectivity index is 1.25. The highest BCUT2D eigenvalue weighted by Crippen LogP contribution is 2.32. The second kappa shape index (κ2) is 8.20. The molecule has 148 valence electrons. The molecule has 2 aliphatic rings. The normalized spacial score (nSPS) is 16.9. The van der Waals surface area contributed by atoms with Crippen molar-refractivity contribution in [3.05, 3.63) is 53.1 Å². The van der Waals surface area contributed by atoms with Gasteiger partial charge in [-0.3, -0.25) is 14.6 Å². The van der Waals surface area contributed by atoms with Crippen LogP contribution in [0, 0.1) is 13.8 Å². The number of piperazine rings is 1. The molecule has 0 radical (unpaired) electrons. The molecule has 2 heterocycles. The van der Waals surface area contributed by atoms with E-state index in [1.807, 2.05) is 25.1 Å². The minimum absolute atomic E-state index is 0.0536. The molecule has 2 aliphatic heterocycles. The van der Waals surface area contributed by atoms with Crippen LogP contribution in [0.5, 0.6) is 11.5 Å². The van der Waals surface area contributed by atoms with E-state index in [1.165, 1.54) is 11.1 Å². The SMILES string of the molecule is Cc1cccc(NC(=O)CN2CCN(Cc3ccc4c(c3)OCO4)CC2)c1C. The van der Waals surface area contributed by atoms with Crippen molar-refractivity contribution in [1.29, 1.82) is 0 Å². The van der Waals surface area contributed by atoms with Crippen molar-refractivity contribution in [3.63, 3.8) is 0 Å². The fourth-order valence-electron chi connectivity index (χ4n) is 3.68. The third-order valence-electron chi connectivity index (χ3n) is 5.55. The number of carbonyl (C=O) groups is 1. The van der Waals surface area contributed by atoms with Crippen LogP contribution in [0.4, 0.5) is 5.69 Å². The topological polar surface area (TPSA) is 54.0 Å². The first-order valence-electron chi connectivity index (χ1n) is 9.78. The molecule has 1 amide bonds. The van der Waals surface area contributed by atoms with E-state index in [1.54, 1.807) is 0 Å². The summed E-state index contributed by atoms with van der Waals surface area (Å²) in [5.74, 6) is 1.71. The summed E-state index contributed by atoms with van der Waals surface area (Å²) in [6.07, 6.45) is 0. The van der Waals surface area contributed by atoms with Crippen LogP contribution in [-0.2, 0) is 11.3 Å². The van der Waals surface area contributed by atoms with Gasteiger partial charge in [0.2, 0.25) is 12.7 Å². The second-order valence-corrected chi connectivity index (χ2v) is 7.54. The third-order valence-corrected chi connectivity index (χ3v) is 5.55.